The van der Waals surface area contributed by atoms with E-state index < -0.39 is 18.8 Å². The molecule has 0 aliphatic heterocycles. The van der Waals surface area contributed by atoms with Gasteiger partial charge < -0.3 is 15.3 Å². The summed E-state index contributed by atoms with van der Waals surface area (Å²) in [4.78, 5) is 11.2. The van der Waals surface area contributed by atoms with E-state index in [1.807, 2.05) is 0 Å². The summed E-state index contributed by atoms with van der Waals surface area (Å²) < 4.78 is 0. The molecule has 2 atom stereocenters. The number of hydrogen-bond acceptors (Lipinski definition) is 4. The third-order valence-corrected chi connectivity index (χ3v) is 2.59. The van der Waals surface area contributed by atoms with Crippen molar-refractivity contribution >= 4 is 17.4 Å². The molecule has 0 aliphatic rings. The van der Waals surface area contributed by atoms with Crippen LogP contribution >= 0.6 is 11.6 Å². The van der Waals surface area contributed by atoms with Gasteiger partial charge in [0, 0.05) is 5.56 Å². The fraction of sp³-hybridized carbons (Fsp3) is 0.364. The molecule has 1 rings (SSSR count). The summed E-state index contributed by atoms with van der Waals surface area (Å²) in [5.41, 5.74) is 0.625. The Bertz CT molecular complexity index is 392. The van der Waals surface area contributed by atoms with Crippen molar-refractivity contribution in [3.8, 4) is 0 Å². The van der Waals surface area contributed by atoms with Gasteiger partial charge in [-0.15, -0.1) is 0 Å². The SMILES string of the molecule is CC(=O)c1cc(C(O)C(O)CO)ccc1Cl. The van der Waals surface area contributed by atoms with E-state index in [9.17, 15) is 15.0 Å². The fourth-order valence-corrected chi connectivity index (χ4v) is 1.57. The van der Waals surface area contributed by atoms with Crippen LogP contribution in [0.1, 0.15) is 28.9 Å². The van der Waals surface area contributed by atoms with Crippen LogP contribution in [0.3, 0.4) is 0 Å². The molecule has 0 bridgehead atoms. The Labute approximate surface area is 98.1 Å². The zero-order valence-electron chi connectivity index (χ0n) is 8.72. The number of Topliss-reactive ketones (excluding diaryl/α,β-unsaturated/α-hetero) is 1. The maximum absolute atomic E-state index is 11.2. The molecule has 5 heteroatoms. The fourth-order valence-electron chi connectivity index (χ4n) is 1.32. The Hall–Kier alpha value is -0.940. The van der Waals surface area contributed by atoms with Crippen LogP contribution in [0.25, 0.3) is 0 Å². The van der Waals surface area contributed by atoms with Crippen LogP contribution in [-0.2, 0) is 0 Å². The molecule has 1 aromatic carbocycles. The summed E-state index contributed by atoms with van der Waals surface area (Å²) in [7, 11) is 0. The Morgan fingerprint density at radius 3 is 2.56 bits per heavy atom. The summed E-state index contributed by atoms with van der Waals surface area (Å²) in [6.45, 7) is 0.805. The van der Waals surface area contributed by atoms with E-state index in [1.165, 1.54) is 25.1 Å². The first-order valence-electron chi connectivity index (χ1n) is 4.74. The van der Waals surface area contributed by atoms with Crippen molar-refractivity contribution in [1.29, 1.82) is 0 Å². The molecular formula is C11H13ClO4. The van der Waals surface area contributed by atoms with Crippen molar-refractivity contribution in [2.75, 3.05) is 6.61 Å². The van der Waals surface area contributed by atoms with E-state index in [1.54, 1.807) is 0 Å². The number of hydrogen-bond donors (Lipinski definition) is 3. The molecule has 88 valence electrons. The van der Waals surface area contributed by atoms with Crippen LogP contribution in [0.4, 0.5) is 0 Å². The van der Waals surface area contributed by atoms with Crippen molar-refractivity contribution < 1.29 is 20.1 Å². The molecule has 0 radical (unpaired) electrons. The summed E-state index contributed by atoms with van der Waals surface area (Å²) >= 11 is 5.79. The number of halogens is 1. The van der Waals surface area contributed by atoms with Crippen molar-refractivity contribution in [3.63, 3.8) is 0 Å². The lowest BCUT2D eigenvalue weighted by atomic mass is 10.0. The maximum atomic E-state index is 11.2. The second-order valence-electron chi connectivity index (χ2n) is 3.49. The highest BCUT2D eigenvalue weighted by molar-refractivity contribution is 6.33. The highest BCUT2D eigenvalue weighted by Gasteiger charge is 2.19. The maximum Gasteiger partial charge on any atom is 0.161 e. The normalized spacial score (nSPS) is 14.6. The minimum absolute atomic E-state index is 0.225. The van der Waals surface area contributed by atoms with Gasteiger partial charge in [-0.3, -0.25) is 4.79 Å². The third kappa shape index (κ3) is 2.80. The zero-order valence-corrected chi connectivity index (χ0v) is 9.48. The Morgan fingerprint density at radius 2 is 2.06 bits per heavy atom. The molecule has 1 aromatic rings. The lowest BCUT2D eigenvalue weighted by molar-refractivity contribution is -0.0152. The third-order valence-electron chi connectivity index (χ3n) is 2.26. The number of rotatable bonds is 4. The van der Waals surface area contributed by atoms with Gasteiger partial charge in [0.25, 0.3) is 0 Å². The Kier molecular flexibility index (Phi) is 4.44. The molecule has 0 saturated carbocycles. The summed E-state index contributed by atoms with van der Waals surface area (Å²) in [5.74, 6) is -0.225. The summed E-state index contributed by atoms with van der Waals surface area (Å²) in [6, 6.07) is 4.38. The van der Waals surface area contributed by atoms with Crippen molar-refractivity contribution in [2.24, 2.45) is 0 Å². The number of aliphatic hydroxyl groups is 3. The number of carbonyl (C=O) groups excluding carboxylic acids is 1. The van der Waals surface area contributed by atoms with Gasteiger partial charge in [0.2, 0.25) is 0 Å². The molecule has 0 amide bonds. The topological polar surface area (TPSA) is 77.8 Å². The molecular weight excluding hydrogens is 232 g/mol. The highest BCUT2D eigenvalue weighted by Crippen LogP contribution is 2.23. The molecule has 4 nitrogen and oxygen atoms in total. The minimum Gasteiger partial charge on any atom is -0.394 e. The Morgan fingerprint density at radius 1 is 1.44 bits per heavy atom. The number of ketones is 1. The van der Waals surface area contributed by atoms with Crippen LogP contribution in [0, 0.1) is 0 Å². The molecule has 0 aliphatic carbocycles. The van der Waals surface area contributed by atoms with Crippen LogP contribution in [0.5, 0.6) is 0 Å². The molecule has 0 aromatic heterocycles. The van der Waals surface area contributed by atoms with Crippen LogP contribution in [0.2, 0.25) is 5.02 Å². The number of carbonyl (C=O) groups is 1. The highest BCUT2D eigenvalue weighted by atomic mass is 35.5. The molecule has 0 fully saturated rings. The molecule has 0 saturated heterocycles. The second kappa shape index (κ2) is 5.41. The predicted octanol–water partition coefficient (Wildman–Crippen LogP) is 0.929. The molecule has 2 unspecified atom stereocenters. The van der Waals surface area contributed by atoms with E-state index in [0.717, 1.165) is 0 Å². The minimum atomic E-state index is -1.28. The summed E-state index contributed by atoms with van der Waals surface area (Å²) in [6.07, 6.45) is -2.51. The Balaban J connectivity index is 3.07. The zero-order chi connectivity index (χ0) is 12.3. The molecule has 3 N–H and O–H groups in total. The van der Waals surface area contributed by atoms with Crippen LogP contribution < -0.4 is 0 Å². The largest absolute Gasteiger partial charge is 0.394 e. The van der Waals surface area contributed by atoms with E-state index >= 15 is 0 Å². The van der Waals surface area contributed by atoms with E-state index in [4.69, 9.17) is 16.7 Å². The lowest BCUT2D eigenvalue weighted by Crippen LogP contribution is -2.22. The quantitative estimate of drug-likeness (QED) is 0.689. The van der Waals surface area contributed by atoms with Gasteiger partial charge >= 0.3 is 0 Å². The van der Waals surface area contributed by atoms with Gasteiger partial charge in [0.05, 0.1) is 11.6 Å². The monoisotopic (exact) mass is 244 g/mol. The average molecular weight is 245 g/mol. The predicted molar refractivity (Wildman–Crippen MR) is 59.5 cm³/mol. The van der Waals surface area contributed by atoms with Crippen molar-refractivity contribution in [2.45, 2.75) is 19.1 Å². The van der Waals surface area contributed by atoms with Gasteiger partial charge in [-0.25, -0.2) is 0 Å². The summed E-state index contributed by atoms with van der Waals surface area (Å²) in [5, 5.41) is 27.9. The number of benzene rings is 1. The average Bonchev–Trinajstić information content (AvgIpc) is 2.27. The van der Waals surface area contributed by atoms with Gasteiger partial charge in [-0.1, -0.05) is 17.7 Å². The van der Waals surface area contributed by atoms with Gasteiger partial charge in [0.15, 0.2) is 5.78 Å². The van der Waals surface area contributed by atoms with Gasteiger partial charge in [0.1, 0.15) is 12.2 Å². The first-order chi connectivity index (χ1) is 7.47. The van der Waals surface area contributed by atoms with Crippen LogP contribution in [-0.4, -0.2) is 33.8 Å². The standard InChI is InChI=1S/C11H13ClO4/c1-6(14)8-4-7(2-3-9(8)12)11(16)10(15)5-13/h2-4,10-11,13,15-16H,5H2,1H3. The smallest absolute Gasteiger partial charge is 0.161 e. The van der Waals surface area contributed by atoms with E-state index in [0.29, 0.717) is 10.6 Å². The van der Waals surface area contributed by atoms with Crippen LogP contribution in [0.15, 0.2) is 18.2 Å². The van der Waals surface area contributed by atoms with E-state index in [2.05, 4.69) is 0 Å². The van der Waals surface area contributed by atoms with Crippen molar-refractivity contribution in [1.82, 2.24) is 0 Å². The van der Waals surface area contributed by atoms with Gasteiger partial charge in [-0.2, -0.15) is 0 Å². The molecule has 0 heterocycles. The first kappa shape index (κ1) is 13.1. The number of aliphatic hydroxyl groups excluding tert-OH is 3. The first-order valence-corrected chi connectivity index (χ1v) is 5.12. The lowest BCUT2D eigenvalue weighted by Gasteiger charge is -2.16. The molecule has 16 heavy (non-hydrogen) atoms. The second-order valence-corrected chi connectivity index (χ2v) is 3.90. The van der Waals surface area contributed by atoms with E-state index in [-0.39, 0.29) is 11.3 Å². The van der Waals surface area contributed by atoms with Gasteiger partial charge in [-0.05, 0) is 24.6 Å². The van der Waals surface area contributed by atoms with Crippen molar-refractivity contribution in [3.05, 3.63) is 34.3 Å². The molecule has 0 spiro atoms.